The van der Waals surface area contributed by atoms with Gasteiger partial charge in [0.15, 0.2) is 11.5 Å². The van der Waals surface area contributed by atoms with E-state index in [1.807, 2.05) is 16.8 Å². The van der Waals surface area contributed by atoms with Crippen LogP contribution in [0.25, 0.3) is 27.8 Å². The number of benzene rings is 1. The van der Waals surface area contributed by atoms with Crippen molar-refractivity contribution in [1.29, 1.82) is 0 Å². The van der Waals surface area contributed by atoms with Crippen LogP contribution >= 0.6 is 0 Å². The quantitative estimate of drug-likeness (QED) is 0.561. The summed E-state index contributed by atoms with van der Waals surface area (Å²) in [4.78, 5) is 15.8. The summed E-state index contributed by atoms with van der Waals surface area (Å²) in [6.45, 7) is 2.02. The topological polar surface area (TPSA) is 46.3 Å². The highest BCUT2D eigenvalue weighted by Gasteiger charge is 2.19. The van der Waals surface area contributed by atoms with Gasteiger partial charge in [-0.05, 0) is 37.1 Å². The van der Waals surface area contributed by atoms with E-state index in [0.717, 1.165) is 35.8 Å². The lowest BCUT2D eigenvalue weighted by atomic mass is 10.1. The van der Waals surface area contributed by atoms with Crippen molar-refractivity contribution in [3.05, 3.63) is 54.9 Å². The number of nitrogens with zero attached hydrogens (tertiary/aromatic N) is 5. The van der Waals surface area contributed by atoms with Gasteiger partial charge in [-0.2, -0.15) is 0 Å². The number of rotatable bonds is 2. The van der Waals surface area contributed by atoms with Crippen LogP contribution < -0.4 is 4.90 Å². The molecule has 0 bridgehead atoms. The third-order valence-electron chi connectivity index (χ3n) is 4.81. The van der Waals surface area contributed by atoms with Crippen LogP contribution in [0.4, 0.5) is 10.2 Å². The Morgan fingerprint density at radius 3 is 2.72 bits per heavy atom. The first-order chi connectivity index (χ1) is 12.3. The van der Waals surface area contributed by atoms with Crippen molar-refractivity contribution in [3.63, 3.8) is 0 Å². The van der Waals surface area contributed by atoms with Gasteiger partial charge in [0.2, 0.25) is 0 Å². The normalized spacial score (nSPS) is 14.7. The summed E-state index contributed by atoms with van der Waals surface area (Å²) in [5, 5.41) is 0.517. The lowest BCUT2D eigenvalue weighted by Gasteiger charge is -2.16. The predicted octanol–water partition coefficient (Wildman–Crippen LogP) is 3.68. The van der Waals surface area contributed by atoms with Gasteiger partial charge in [0.25, 0.3) is 0 Å². The zero-order chi connectivity index (χ0) is 16.8. The number of fused-ring (bicyclic) bond motifs is 2. The summed E-state index contributed by atoms with van der Waals surface area (Å²) < 4.78 is 16.1. The van der Waals surface area contributed by atoms with Gasteiger partial charge in [-0.15, -0.1) is 0 Å². The Kier molecular flexibility index (Phi) is 3.16. The fourth-order valence-electron chi connectivity index (χ4n) is 3.60. The zero-order valence-corrected chi connectivity index (χ0v) is 13.6. The van der Waals surface area contributed by atoms with Crippen LogP contribution in [0.3, 0.4) is 0 Å². The number of anilines is 1. The second-order valence-electron chi connectivity index (χ2n) is 6.28. The van der Waals surface area contributed by atoms with Gasteiger partial charge >= 0.3 is 0 Å². The van der Waals surface area contributed by atoms with E-state index in [4.69, 9.17) is 0 Å². The molecule has 3 aromatic heterocycles. The van der Waals surface area contributed by atoms with E-state index in [9.17, 15) is 4.39 Å². The Balaban J connectivity index is 1.75. The molecule has 0 aliphatic carbocycles. The summed E-state index contributed by atoms with van der Waals surface area (Å²) in [7, 11) is 0. The first kappa shape index (κ1) is 14.3. The molecule has 0 saturated carbocycles. The Morgan fingerprint density at radius 2 is 1.84 bits per heavy atom. The fourth-order valence-corrected chi connectivity index (χ4v) is 3.60. The third kappa shape index (κ3) is 2.17. The van der Waals surface area contributed by atoms with E-state index in [0.29, 0.717) is 10.9 Å². The molecule has 4 heterocycles. The molecule has 1 aliphatic rings. The predicted molar refractivity (Wildman–Crippen MR) is 95.1 cm³/mol. The molecule has 0 atom stereocenters. The Bertz CT molecular complexity index is 1080. The largest absolute Gasteiger partial charge is 0.354 e. The highest BCUT2D eigenvalue weighted by Crippen LogP contribution is 2.31. The first-order valence-electron chi connectivity index (χ1n) is 8.43. The van der Waals surface area contributed by atoms with Crippen molar-refractivity contribution < 1.29 is 4.39 Å². The van der Waals surface area contributed by atoms with E-state index in [-0.39, 0.29) is 5.82 Å². The summed E-state index contributed by atoms with van der Waals surface area (Å²) in [5.74, 6) is 0.644. The smallest absolute Gasteiger partial charge is 0.180 e. The van der Waals surface area contributed by atoms with Crippen molar-refractivity contribution in [2.45, 2.75) is 12.8 Å². The average molecular weight is 333 g/mol. The number of hydrogen-bond acceptors (Lipinski definition) is 4. The highest BCUT2D eigenvalue weighted by atomic mass is 19.1. The standard InChI is InChI=1S/C19H16FN5/c20-15-6-5-14(17-13(15)4-3-7-21-17)16-12-23-19-18(22-8-11-25(16)19)24-9-1-2-10-24/h3-8,11-12H,1-2,9-10H2. The Hall–Kier alpha value is -3.02. The molecule has 5 nitrogen and oxygen atoms in total. The highest BCUT2D eigenvalue weighted by molar-refractivity contribution is 5.93. The molecule has 1 saturated heterocycles. The van der Waals surface area contributed by atoms with Crippen LogP contribution in [0, 0.1) is 5.82 Å². The van der Waals surface area contributed by atoms with Crippen molar-refractivity contribution in [1.82, 2.24) is 19.4 Å². The molecule has 4 aromatic rings. The molecule has 0 unspecified atom stereocenters. The van der Waals surface area contributed by atoms with E-state index in [2.05, 4.69) is 19.9 Å². The van der Waals surface area contributed by atoms with Crippen molar-refractivity contribution in [2.24, 2.45) is 0 Å². The molecule has 6 heteroatoms. The minimum Gasteiger partial charge on any atom is -0.354 e. The van der Waals surface area contributed by atoms with Gasteiger partial charge in [0, 0.05) is 42.6 Å². The van der Waals surface area contributed by atoms with Crippen LogP contribution in [0.15, 0.2) is 49.1 Å². The molecule has 0 spiro atoms. The van der Waals surface area contributed by atoms with Gasteiger partial charge in [0.05, 0.1) is 17.4 Å². The summed E-state index contributed by atoms with van der Waals surface area (Å²) in [6.07, 6.45) is 9.57. The molecule has 1 aromatic carbocycles. The van der Waals surface area contributed by atoms with Gasteiger partial charge in [0.1, 0.15) is 5.82 Å². The van der Waals surface area contributed by atoms with Gasteiger partial charge in [-0.1, -0.05) is 0 Å². The van der Waals surface area contributed by atoms with Crippen LogP contribution in [0.2, 0.25) is 0 Å². The number of hydrogen-bond donors (Lipinski definition) is 0. The minimum absolute atomic E-state index is 0.264. The molecule has 1 fully saturated rings. The van der Waals surface area contributed by atoms with Crippen LogP contribution in [-0.2, 0) is 0 Å². The fraction of sp³-hybridized carbons (Fsp3) is 0.211. The van der Waals surface area contributed by atoms with Crippen molar-refractivity contribution in [2.75, 3.05) is 18.0 Å². The maximum absolute atomic E-state index is 14.1. The molecule has 0 N–H and O–H groups in total. The van der Waals surface area contributed by atoms with Crippen LogP contribution in [0.1, 0.15) is 12.8 Å². The molecular weight excluding hydrogens is 317 g/mol. The van der Waals surface area contributed by atoms with E-state index < -0.39 is 0 Å². The zero-order valence-electron chi connectivity index (χ0n) is 13.6. The molecule has 5 rings (SSSR count). The average Bonchev–Trinajstić information content (AvgIpc) is 3.32. The maximum atomic E-state index is 14.1. The molecule has 25 heavy (non-hydrogen) atoms. The second-order valence-corrected chi connectivity index (χ2v) is 6.28. The first-order valence-corrected chi connectivity index (χ1v) is 8.43. The van der Waals surface area contributed by atoms with Gasteiger partial charge in [-0.25, -0.2) is 14.4 Å². The molecule has 0 radical (unpaired) electrons. The van der Waals surface area contributed by atoms with Gasteiger partial charge < -0.3 is 4.90 Å². The lowest BCUT2D eigenvalue weighted by molar-refractivity contribution is 0.639. The van der Waals surface area contributed by atoms with Crippen LogP contribution in [-0.4, -0.2) is 32.4 Å². The lowest BCUT2D eigenvalue weighted by Crippen LogP contribution is -2.19. The van der Waals surface area contributed by atoms with Crippen molar-refractivity contribution in [3.8, 4) is 11.3 Å². The van der Waals surface area contributed by atoms with Gasteiger partial charge in [-0.3, -0.25) is 9.38 Å². The molecule has 124 valence electrons. The number of halogens is 1. The monoisotopic (exact) mass is 333 g/mol. The summed E-state index contributed by atoms with van der Waals surface area (Å²) >= 11 is 0. The van der Waals surface area contributed by atoms with Crippen LogP contribution in [0.5, 0.6) is 0 Å². The van der Waals surface area contributed by atoms with E-state index >= 15 is 0 Å². The summed E-state index contributed by atoms with van der Waals surface area (Å²) in [6, 6.07) is 6.76. The minimum atomic E-state index is -0.264. The number of imidazole rings is 1. The molecule has 1 aliphatic heterocycles. The Morgan fingerprint density at radius 1 is 0.960 bits per heavy atom. The summed E-state index contributed by atoms with van der Waals surface area (Å²) in [5.41, 5.74) is 3.22. The Labute approximate surface area is 143 Å². The maximum Gasteiger partial charge on any atom is 0.180 e. The molecular formula is C19H16FN5. The van der Waals surface area contributed by atoms with E-state index in [1.54, 1.807) is 30.6 Å². The second kappa shape index (κ2) is 5.51. The molecule has 0 amide bonds. The third-order valence-corrected chi connectivity index (χ3v) is 4.81. The number of aromatic nitrogens is 4. The van der Waals surface area contributed by atoms with Crippen molar-refractivity contribution >= 4 is 22.4 Å². The van der Waals surface area contributed by atoms with E-state index in [1.165, 1.54) is 18.9 Å². The SMILES string of the molecule is Fc1ccc(-c2cnc3c(N4CCCC4)nccn23)c2ncccc12. The number of pyridine rings is 1.